The van der Waals surface area contributed by atoms with E-state index >= 15 is 0 Å². The minimum atomic E-state index is -0.254. The van der Waals surface area contributed by atoms with Gasteiger partial charge in [0.05, 0.1) is 0 Å². The summed E-state index contributed by atoms with van der Waals surface area (Å²) in [6.45, 7) is 0. The third-order valence-electron chi connectivity index (χ3n) is 0.146. The predicted octanol–water partition coefficient (Wildman–Crippen LogP) is -0.494. The molecule has 0 atom stereocenters. The quantitative estimate of drug-likeness (QED) is 0.347. The number of rotatable bonds is 0. The summed E-state index contributed by atoms with van der Waals surface area (Å²) in [7, 11) is 0. The van der Waals surface area contributed by atoms with E-state index in [1.807, 2.05) is 0 Å². The molecule has 0 saturated carbocycles. The van der Waals surface area contributed by atoms with Crippen molar-refractivity contribution in [2.45, 2.75) is 0 Å². The topological polar surface area (TPSA) is 38.8 Å². The summed E-state index contributed by atoms with van der Waals surface area (Å²) >= 11 is -0.254. The van der Waals surface area contributed by atoms with Crippen LogP contribution in [0.1, 0.15) is 0 Å². The van der Waals surface area contributed by atoms with Crippen LogP contribution in [0.5, 0.6) is 0 Å². The first-order chi connectivity index (χ1) is 2.00. The van der Waals surface area contributed by atoms with Crippen molar-refractivity contribution < 1.29 is 0 Å². The third kappa shape index (κ3) is 0.151. The molecular weight excluding hydrogens is 170 g/mol. The first-order valence-corrected chi connectivity index (χ1v) is 2.85. The molecule has 0 fully saturated rings. The molecule has 4 heavy (non-hydrogen) atoms. The molecule has 0 N–H and O–H groups in total. The monoisotopic (exact) mass is 172 g/mol. The second kappa shape index (κ2) is 0.813. The van der Waals surface area contributed by atoms with E-state index in [1.54, 1.807) is 0 Å². The summed E-state index contributed by atoms with van der Waals surface area (Å²) in [5.74, 6) is 0. The Morgan fingerprint density at radius 2 is 1.75 bits per heavy atom. The van der Waals surface area contributed by atoms with Crippen LogP contribution in [0.25, 0.3) is 0 Å². The fourth-order valence-electron chi connectivity index (χ4n) is 0.0365. The molecule has 0 amide bonds. The van der Waals surface area contributed by atoms with E-state index in [9.17, 15) is 0 Å². The fraction of sp³-hybridized carbons (Fsp3) is 0. The summed E-state index contributed by atoms with van der Waals surface area (Å²) in [4.78, 5) is 3.22. The Labute approximate surface area is 33.6 Å². The molecule has 0 unspecified atom stereocenters. The van der Waals surface area contributed by atoms with Gasteiger partial charge in [0.2, 0.25) is 0 Å². The molecule has 20 valence electrons. The Kier molecular flexibility index (Phi) is 0.476. The maximum atomic E-state index is 3.50. The van der Waals surface area contributed by atoms with Gasteiger partial charge >= 0.3 is 33.1 Å². The van der Waals surface area contributed by atoms with E-state index in [0.29, 0.717) is 0 Å². The Morgan fingerprint density at radius 3 is 1.75 bits per heavy atom. The third-order valence-corrected chi connectivity index (χ3v) is 0.980. The molecule has 0 radical (unpaired) electrons. The van der Waals surface area contributed by atoms with Crippen LogP contribution in [0.4, 0.5) is 0 Å². The normalized spacial score (nSPS) is 16.0. The zero-order chi connectivity index (χ0) is 2.83. The van der Waals surface area contributed by atoms with Gasteiger partial charge in [0.1, 0.15) is 0 Å². The Bertz CT molecular complexity index is 61.4. The summed E-state index contributed by atoms with van der Waals surface area (Å²) in [5.41, 5.74) is 0. The molecule has 0 saturated heterocycles. The fourth-order valence-corrected chi connectivity index (χ4v) is 0.245. The molecule has 4 heteroatoms. The maximum absolute atomic E-state index is 3.50. The minimum absolute atomic E-state index is 0.254. The van der Waals surface area contributed by atoms with Gasteiger partial charge in [-0.15, -0.1) is 0 Å². The molecule has 1 aliphatic rings. The molecule has 0 aromatic heterocycles. The van der Waals surface area contributed by atoms with Crippen molar-refractivity contribution in [3.05, 3.63) is 0 Å². The Hall–Kier alpha value is 0.0996. The molecule has 0 bridgehead atoms. The molecule has 0 aliphatic carbocycles. The van der Waals surface area contributed by atoms with Crippen molar-refractivity contribution in [3.63, 3.8) is 0 Å². The van der Waals surface area contributed by atoms with E-state index < -0.39 is 0 Å². The van der Waals surface area contributed by atoms with Crippen LogP contribution < -0.4 is 4.91 Å². The van der Waals surface area contributed by atoms with Gasteiger partial charge in [-0.2, -0.15) is 0 Å². The zero-order valence-electron chi connectivity index (χ0n) is 1.75. The molecule has 1 rings (SSSR count). The van der Waals surface area contributed by atoms with Crippen LogP contribution in [0.15, 0.2) is 6.73 Å². The van der Waals surface area contributed by atoms with E-state index in [1.165, 1.54) is 0 Å². The van der Waals surface area contributed by atoms with Gasteiger partial charge in [-0.25, -0.2) is 0 Å². The van der Waals surface area contributed by atoms with E-state index in [0.717, 1.165) is 0 Å². The predicted molar refractivity (Wildman–Crippen MR) is 12.7 cm³/mol. The van der Waals surface area contributed by atoms with Gasteiger partial charge in [0, 0.05) is 0 Å². The summed E-state index contributed by atoms with van der Waals surface area (Å²) in [5, 5.41) is 0. The average Bonchev–Trinajstić information content (AvgIpc) is 0.722. The van der Waals surface area contributed by atoms with Crippen molar-refractivity contribution in [1.29, 1.82) is 0 Å². The zero-order valence-corrected chi connectivity index (χ0v) is 4.08. The van der Waals surface area contributed by atoms with Gasteiger partial charge in [0.15, 0.2) is 0 Å². The van der Waals surface area contributed by atoms with Gasteiger partial charge in [-0.1, -0.05) is 0 Å². The number of hydrogen-bond donors (Lipinski definition) is 0. The van der Waals surface area contributed by atoms with Gasteiger partial charge in [-0.3, -0.25) is 0 Å². The van der Waals surface area contributed by atoms with Gasteiger partial charge < -0.3 is 0 Å². The second-order valence-corrected chi connectivity index (χ2v) is 1.73. The van der Waals surface area contributed by atoms with Crippen LogP contribution in [-0.2, 0) is 0 Å². The molecule has 1 aliphatic heterocycles. The summed E-state index contributed by atoms with van der Waals surface area (Å²) in [6.07, 6.45) is 0. The summed E-state index contributed by atoms with van der Waals surface area (Å²) < 4.78 is 7.01. The van der Waals surface area contributed by atoms with Crippen LogP contribution in [-0.4, -0.2) is 21.5 Å². The Morgan fingerprint density at radius 1 is 1.50 bits per heavy atom. The first-order valence-electron chi connectivity index (χ1n) is 0.765. The molecular formula is N3Te+. The molecule has 0 aromatic rings. The average molecular weight is 170 g/mol. The van der Waals surface area contributed by atoms with E-state index in [-0.39, 0.29) is 21.5 Å². The first kappa shape index (κ1) is 2.34. The van der Waals surface area contributed by atoms with Crippen LogP contribution in [0.3, 0.4) is 0 Å². The van der Waals surface area contributed by atoms with Crippen LogP contribution in [0.2, 0.25) is 0 Å². The molecule has 0 spiro atoms. The number of nitrogens with zero attached hydrogens (tertiary/aromatic N) is 3. The van der Waals surface area contributed by atoms with Crippen molar-refractivity contribution in [2.75, 3.05) is 0 Å². The van der Waals surface area contributed by atoms with Crippen molar-refractivity contribution in [2.24, 2.45) is 6.73 Å². The molecule has 3 nitrogen and oxygen atoms in total. The number of hydrogen-bond acceptors (Lipinski definition) is 2. The van der Waals surface area contributed by atoms with E-state index in [4.69, 9.17) is 0 Å². The Balaban J connectivity index is 2.95. The molecule has 1 heterocycles. The van der Waals surface area contributed by atoms with E-state index in [2.05, 4.69) is 11.6 Å². The van der Waals surface area contributed by atoms with Crippen molar-refractivity contribution >= 4 is 21.5 Å². The van der Waals surface area contributed by atoms with Crippen molar-refractivity contribution in [3.8, 4) is 0 Å². The molecule has 0 aromatic carbocycles. The van der Waals surface area contributed by atoms with Crippen molar-refractivity contribution in [1.82, 2.24) is 4.91 Å². The second-order valence-electron chi connectivity index (χ2n) is 0.334. The summed E-state index contributed by atoms with van der Waals surface area (Å²) in [6, 6.07) is 0. The van der Waals surface area contributed by atoms with Crippen LogP contribution >= 0.6 is 0 Å². The van der Waals surface area contributed by atoms with Crippen LogP contribution in [0, 0.1) is 0 Å². The van der Waals surface area contributed by atoms with Gasteiger partial charge in [-0.05, 0) is 0 Å². The SMILES string of the molecule is N1=[N+]=N[Te]1. The van der Waals surface area contributed by atoms with Gasteiger partial charge in [0.25, 0.3) is 0 Å². The standard InChI is InChI=1S/N3Te/c1-2-4-3-1/q+1.